The molecule has 1 N–H and O–H groups in total. The molecule has 2 rings (SSSR count). The first-order valence-corrected chi connectivity index (χ1v) is 5.38. The average Bonchev–Trinajstić information content (AvgIpc) is 2.68. The van der Waals surface area contributed by atoms with Gasteiger partial charge in [0.2, 0.25) is 5.91 Å². The maximum absolute atomic E-state index is 11.8. The number of carbonyl (C=O) groups excluding carboxylic acids is 2. The summed E-state index contributed by atoms with van der Waals surface area (Å²) in [6.45, 7) is 3.76. The van der Waals surface area contributed by atoms with Crippen molar-refractivity contribution in [1.82, 2.24) is 10.2 Å². The lowest BCUT2D eigenvalue weighted by Gasteiger charge is -2.46. The molecule has 2 saturated heterocycles. The number of ether oxygens (including phenoxy) is 1. The lowest BCUT2D eigenvalue weighted by molar-refractivity contribution is -0.160. The third kappa shape index (κ3) is 1.71. The van der Waals surface area contributed by atoms with Gasteiger partial charge in [-0.25, -0.2) is 0 Å². The molecule has 15 heavy (non-hydrogen) atoms. The number of nitrogens with one attached hydrogen (secondary N) is 1. The average molecular weight is 212 g/mol. The third-order valence-electron chi connectivity index (χ3n) is 3.03. The van der Waals surface area contributed by atoms with Crippen molar-refractivity contribution >= 4 is 11.9 Å². The Balaban J connectivity index is 1.84. The van der Waals surface area contributed by atoms with E-state index in [1.807, 2.05) is 0 Å². The predicted molar refractivity (Wildman–Crippen MR) is 53.2 cm³/mol. The Bertz CT molecular complexity index is 284. The minimum Gasteiger partial charge on any atom is -0.465 e. The van der Waals surface area contributed by atoms with Gasteiger partial charge in [0.05, 0.1) is 6.61 Å². The van der Waals surface area contributed by atoms with Gasteiger partial charge in [0.15, 0.2) is 0 Å². The number of hydrogen-bond acceptors (Lipinski definition) is 4. The summed E-state index contributed by atoms with van der Waals surface area (Å²) in [5, 5.41) is 3.21. The molecule has 0 saturated carbocycles. The second kappa shape index (κ2) is 3.81. The molecule has 1 spiro atoms. The van der Waals surface area contributed by atoms with Crippen LogP contribution in [-0.2, 0) is 14.3 Å². The standard InChI is InChI=1S/C10H16N2O3/c1-2-15-8(13)6-12-7-10(9(12)14)4-3-5-11-10/h11H,2-7H2,1H3/t10-/m0/s1. The van der Waals surface area contributed by atoms with E-state index in [1.165, 1.54) is 0 Å². The molecular weight excluding hydrogens is 196 g/mol. The summed E-state index contributed by atoms with van der Waals surface area (Å²) >= 11 is 0. The van der Waals surface area contributed by atoms with Gasteiger partial charge >= 0.3 is 5.97 Å². The summed E-state index contributed by atoms with van der Waals surface area (Å²) in [4.78, 5) is 24.5. The lowest BCUT2D eigenvalue weighted by atomic mass is 9.87. The number of carbonyl (C=O) groups is 2. The van der Waals surface area contributed by atoms with E-state index >= 15 is 0 Å². The summed E-state index contributed by atoms with van der Waals surface area (Å²) in [7, 11) is 0. The topological polar surface area (TPSA) is 58.6 Å². The molecule has 0 aromatic carbocycles. The highest BCUT2D eigenvalue weighted by molar-refractivity contribution is 5.95. The van der Waals surface area contributed by atoms with E-state index in [9.17, 15) is 9.59 Å². The summed E-state index contributed by atoms with van der Waals surface area (Å²) in [6, 6.07) is 0. The Labute approximate surface area is 88.8 Å². The quantitative estimate of drug-likeness (QED) is 0.507. The van der Waals surface area contributed by atoms with Gasteiger partial charge in [0.1, 0.15) is 12.1 Å². The third-order valence-corrected chi connectivity index (χ3v) is 3.03. The normalized spacial score (nSPS) is 29.4. The predicted octanol–water partition coefficient (Wildman–Crippen LogP) is -0.486. The number of nitrogens with zero attached hydrogens (tertiary/aromatic N) is 1. The highest BCUT2D eigenvalue weighted by Crippen LogP contribution is 2.30. The fourth-order valence-corrected chi connectivity index (χ4v) is 2.29. The van der Waals surface area contributed by atoms with Crippen LogP contribution >= 0.6 is 0 Å². The van der Waals surface area contributed by atoms with Crippen LogP contribution < -0.4 is 5.32 Å². The monoisotopic (exact) mass is 212 g/mol. The maximum Gasteiger partial charge on any atom is 0.325 e. The highest BCUT2D eigenvalue weighted by Gasteiger charge is 2.53. The van der Waals surface area contributed by atoms with Crippen molar-refractivity contribution in [2.75, 3.05) is 26.2 Å². The van der Waals surface area contributed by atoms with Crippen molar-refractivity contribution in [2.45, 2.75) is 25.3 Å². The highest BCUT2D eigenvalue weighted by atomic mass is 16.5. The summed E-state index contributed by atoms with van der Waals surface area (Å²) < 4.78 is 4.79. The fraction of sp³-hybridized carbons (Fsp3) is 0.800. The molecule has 2 fully saturated rings. The Kier molecular flexibility index (Phi) is 2.65. The molecular formula is C10H16N2O3. The molecule has 0 unspecified atom stereocenters. The van der Waals surface area contributed by atoms with Crippen LogP contribution in [0.2, 0.25) is 0 Å². The zero-order chi connectivity index (χ0) is 10.9. The van der Waals surface area contributed by atoms with Crippen molar-refractivity contribution in [2.24, 2.45) is 0 Å². The van der Waals surface area contributed by atoms with Crippen LogP contribution in [0.4, 0.5) is 0 Å². The number of likely N-dealkylation sites (tertiary alicyclic amines) is 1. The van der Waals surface area contributed by atoms with Gasteiger partial charge in [0.25, 0.3) is 0 Å². The molecule has 1 amide bonds. The lowest BCUT2D eigenvalue weighted by Crippen LogP contribution is -2.71. The maximum atomic E-state index is 11.8. The van der Waals surface area contributed by atoms with Crippen molar-refractivity contribution in [3.05, 3.63) is 0 Å². The van der Waals surface area contributed by atoms with Crippen LogP contribution in [0.15, 0.2) is 0 Å². The van der Waals surface area contributed by atoms with Gasteiger partial charge in [-0.3, -0.25) is 9.59 Å². The Morgan fingerprint density at radius 2 is 2.47 bits per heavy atom. The van der Waals surface area contributed by atoms with Crippen LogP contribution in [-0.4, -0.2) is 48.6 Å². The molecule has 0 radical (unpaired) electrons. The van der Waals surface area contributed by atoms with E-state index in [-0.39, 0.29) is 24.0 Å². The SMILES string of the molecule is CCOC(=O)CN1C[C@@]2(CCCN2)C1=O. The number of β-lactam (4-membered cyclic amide) rings is 1. The zero-order valence-corrected chi connectivity index (χ0v) is 8.91. The van der Waals surface area contributed by atoms with Crippen LogP contribution in [0.5, 0.6) is 0 Å². The fourth-order valence-electron chi connectivity index (χ4n) is 2.29. The Morgan fingerprint density at radius 3 is 3.00 bits per heavy atom. The van der Waals surface area contributed by atoms with E-state index in [4.69, 9.17) is 4.74 Å². The molecule has 0 aromatic heterocycles. The molecule has 84 valence electrons. The van der Waals surface area contributed by atoms with Gasteiger partial charge in [-0.15, -0.1) is 0 Å². The molecule has 0 aromatic rings. The second-order valence-corrected chi connectivity index (χ2v) is 4.08. The summed E-state index contributed by atoms with van der Waals surface area (Å²) in [6.07, 6.45) is 1.93. The van der Waals surface area contributed by atoms with E-state index in [1.54, 1.807) is 11.8 Å². The van der Waals surface area contributed by atoms with Crippen LogP contribution in [0.1, 0.15) is 19.8 Å². The molecule has 5 heteroatoms. The first-order chi connectivity index (χ1) is 7.18. The van der Waals surface area contributed by atoms with E-state index in [0.717, 1.165) is 19.4 Å². The summed E-state index contributed by atoms with van der Waals surface area (Å²) in [5.74, 6) is -0.272. The Hall–Kier alpha value is -1.10. The minimum absolute atomic E-state index is 0.0491. The van der Waals surface area contributed by atoms with Crippen LogP contribution in [0.25, 0.3) is 0 Å². The van der Waals surface area contributed by atoms with Crippen molar-refractivity contribution < 1.29 is 14.3 Å². The van der Waals surface area contributed by atoms with Gasteiger partial charge in [-0.05, 0) is 26.3 Å². The molecule has 1 atom stereocenters. The first kappa shape index (κ1) is 10.4. The molecule has 0 bridgehead atoms. The molecule has 5 nitrogen and oxygen atoms in total. The van der Waals surface area contributed by atoms with Gasteiger partial charge in [-0.1, -0.05) is 0 Å². The smallest absolute Gasteiger partial charge is 0.325 e. The molecule has 0 aliphatic carbocycles. The number of esters is 1. The number of rotatable bonds is 3. The van der Waals surface area contributed by atoms with Crippen LogP contribution in [0.3, 0.4) is 0 Å². The molecule has 2 aliphatic heterocycles. The zero-order valence-electron chi connectivity index (χ0n) is 8.91. The van der Waals surface area contributed by atoms with E-state index < -0.39 is 0 Å². The number of amides is 1. The molecule has 2 heterocycles. The van der Waals surface area contributed by atoms with Crippen molar-refractivity contribution in [3.63, 3.8) is 0 Å². The largest absolute Gasteiger partial charge is 0.465 e. The van der Waals surface area contributed by atoms with Gasteiger partial charge < -0.3 is 15.0 Å². The van der Waals surface area contributed by atoms with Gasteiger partial charge in [-0.2, -0.15) is 0 Å². The number of hydrogen-bond donors (Lipinski definition) is 1. The molecule has 2 aliphatic rings. The summed E-state index contributed by atoms with van der Waals surface area (Å²) in [5.41, 5.74) is -0.341. The van der Waals surface area contributed by atoms with Crippen molar-refractivity contribution in [3.8, 4) is 0 Å². The van der Waals surface area contributed by atoms with E-state index in [2.05, 4.69) is 5.32 Å². The Morgan fingerprint density at radius 1 is 1.67 bits per heavy atom. The van der Waals surface area contributed by atoms with E-state index in [0.29, 0.717) is 13.2 Å². The van der Waals surface area contributed by atoms with Gasteiger partial charge in [0, 0.05) is 6.54 Å². The van der Waals surface area contributed by atoms with Crippen molar-refractivity contribution in [1.29, 1.82) is 0 Å². The minimum atomic E-state index is -0.341. The second-order valence-electron chi connectivity index (χ2n) is 4.08. The van der Waals surface area contributed by atoms with Crippen LogP contribution in [0, 0.1) is 0 Å². The first-order valence-electron chi connectivity index (χ1n) is 5.38.